The van der Waals surface area contributed by atoms with Crippen molar-refractivity contribution in [1.29, 1.82) is 0 Å². The van der Waals surface area contributed by atoms with Gasteiger partial charge >= 0.3 is 0 Å². The summed E-state index contributed by atoms with van der Waals surface area (Å²) in [5, 5.41) is 6.86. The Hall–Kier alpha value is -8.94. The Bertz CT molecular complexity index is 3960. The van der Waals surface area contributed by atoms with E-state index in [0.717, 1.165) is 80.7 Å². The van der Waals surface area contributed by atoms with Crippen LogP contribution in [0.5, 0.6) is 0 Å². The first-order chi connectivity index (χ1) is 37.4. The van der Waals surface area contributed by atoms with E-state index in [1.54, 1.807) is 0 Å². The summed E-state index contributed by atoms with van der Waals surface area (Å²) in [6.45, 7) is 11.0. The molecular formula is C74H66N2. The summed E-state index contributed by atoms with van der Waals surface area (Å²) in [6.07, 6.45) is 23.9. The van der Waals surface area contributed by atoms with E-state index in [4.69, 9.17) is 0 Å². The molecule has 2 nitrogen and oxygen atoms in total. The van der Waals surface area contributed by atoms with Crippen LogP contribution in [0.3, 0.4) is 0 Å². The molecule has 0 bridgehead atoms. The van der Waals surface area contributed by atoms with Crippen LogP contribution in [0.15, 0.2) is 254 Å². The number of fused-ring (bicyclic) bond motifs is 3. The van der Waals surface area contributed by atoms with Crippen molar-refractivity contribution in [3.05, 3.63) is 303 Å². The largest absolute Gasteiger partial charge is 0.310 e. The summed E-state index contributed by atoms with van der Waals surface area (Å²) in [5.41, 5.74) is 21.3. The van der Waals surface area contributed by atoms with Crippen molar-refractivity contribution in [3.63, 3.8) is 0 Å². The third kappa shape index (κ3) is 11.1. The average molecular weight is 983 g/mol. The minimum absolute atomic E-state index is 0.780. The van der Waals surface area contributed by atoms with Crippen LogP contribution in [0.4, 0.5) is 28.4 Å². The minimum Gasteiger partial charge on any atom is -0.310 e. The summed E-state index contributed by atoms with van der Waals surface area (Å²) in [7, 11) is 0. The van der Waals surface area contributed by atoms with Crippen LogP contribution < -0.4 is 20.2 Å². The zero-order valence-corrected chi connectivity index (χ0v) is 44.5. The molecule has 372 valence electrons. The molecular weight excluding hydrogens is 917 g/mol. The second-order valence-corrected chi connectivity index (χ2v) is 19.4. The quantitative estimate of drug-likeness (QED) is 0.0839. The van der Waals surface area contributed by atoms with Gasteiger partial charge in [-0.3, -0.25) is 0 Å². The Morgan fingerprint density at radius 1 is 0.566 bits per heavy atom. The van der Waals surface area contributed by atoms with E-state index in [2.05, 4.69) is 311 Å². The zero-order valence-electron chi connectivity index (χ0n) is 44.5. The van der Waals surface area contributed by atoms with E-state index in [0.29, 0.717) is 0 Å². The maximum atomic E-state index is 3.77. The van der Waals surface area contributed by atoms with Crippen LogP contribution in [-0.4, -0.2) is 0 Å². The highest BCUT2D eigenvalue weighted by molar-refractivity contribution is 5.98. The smallest absolute Gasteiger partial charge is 0.0539 e. The number of benzene rings is 9. The van der Waals surface area contributed by atoms with E-state index in [-0.39, 0.29) is 0 Å². The SMILES string of the molecule is C/C=C\C(=C/CC)c1cc(-c2ccccc2)cc(N(c2ccc3c(c2)=CC=C=c2cc(N(C(/C=C(\CC)c4ccccc4)=C/Cc4ccccc4)c4cccc5ccccc45)ccc2=3)c2cccc(/C=C\CC)c2C)c1. The zero-order chi connectivity index (χ0) is 52.2. The monoisotopic (exact) mass is 983 g/mol. The van der Waals surface area contributed by atoms with Gasteiger partial charge in [-0.05, 0) is 183 Å². The van der Waals surface area contributed by atoms with Crippen LogP contribution in [0.25, 0.3) is 50.9 Å². The van der Waals surface area contributed by atoms with Crippen molar-refractivity contribution >= 4 is 68.2 Å². The van der Waals surface area contributed by atoms with Gasteiger partial charge in [-0.1, -0.05) is 209 Å². The van der Waals surface area contributed by atoms with E-state index < -0.39 is 0 Å². The summed E-state index contributed by atoms with van der Waals surface area (Å²) in [4.78, 5) is 4.92. The van der Waals surface area contributed by atoms with Crippen molar-refractivity contribution < 1.29 is 0 Å². The highest BCUT2D eigenvalue weighted by atomic mass is 15.2. The number of anilines is 5. The summed E-state index contributed by atoms with van der Waals surface area (Å²) in [5.74, 6) is 0. The van der Waals surface area contributed by atoms with Gasteiger partial charge in [0.25, 0.3) is 0 Å². The molecule has 1 aliphatic carbocycles. The lowest BCUT2D eigenvalue weighted by Gasteiger charge is -2.29. The molecule has 10 rings (SSSR count). The minimum atomic E-state index is 0.780. The molecule has 76 heavy (non-hydrogen) atoms. The lowest BCUT2D eigenvalue weighted by Crippen LogP contribution is -2.19. The highest BCUT2D eigenvalue weighted by Gasteiger charge is 2.21. The van der Waals surface area contributed by atoms with Gasteiger partial charge in [0, 0.05) is 39.1 Å². The van der Waals surface area contributed by atoms with Crippen LogP contribution >= 0.6 is 0 Å². The first-order valence-corrected chi connectivity index (χ1v) is 27.0. The van der Waals surface area contributed by atoms with Gasteiger partial charge < -0.3 is 9.80 Å². The Morgan fingerprint density at radius 3 is 2.05 bits per heavy atom. The number of hydrogen-bond donors (Lipinski definition) is 0. The maximum Gasteiger partial charge on any atom is 0.0539 e. The topological polar surface area (TPSA) is 6.48 Å². The van der Waals surface area contributed by atoms with Crippen LogP contribution in [0.2, 0.25) is 0 Å². The van der Waals surface area contributed by atoms with Crippen molar-refractivity contribution in [1.82, 2.24) is 0 Å². The molecule has 0 N–H and O–H groups in total. The molecule has 0 heterocycles. The van der Waals surface area contributed by atoms with Gasteiger partial charge in [0.15, 0.2) is 0 Å². The average Bonchev–Trinajstić information content (AvgIpc) is 3.72. The summed E-state index contributed by atoms with van der Waals surface area (Å²) < 4.78 is 0. The Balaban J connectivity index is 1.18. The molecule has 0 atom stereocenters. The molecule has 1 aliphatic rings. The number of hydrogen-bond acceptors (Lipinski definition) is 2. The van der Waals surface area contributed by atoms with E-state index in [1.165, 1.54) is 60.9 Å². The van der Waals surface area contributed by atoms with Crippen molar-refractivity contribution in [2.75, 3.05) is 9.80 Å². The molecule has 9 aromatic carbocycles. The van der Waals surface area contributed by atoms with Gasteiger partial charge in [-0.2, -0.15) is 0 Å². The second-order valence-electron chi connectivity index (χ2n) is 19.4. The van der Waals surface area contributed by atoms with Gasteiger partial charge in [0.1, 0.15) is 0 Å². The molecule has 0 spiro atoms. The first kappa shape index (κ1) is 50.6. The van der Waals surface area contributed by atoms with E-state index in [9.17, 15) is 0 Å². The molecule has 0 amide bonds. The Kier molecular flexibility index (Phi) is 15.9. The fourth-order valence-corrected chi connectivity index (χ4v) is 10.5. The molecule has 0 saturated carbocycles. The maximum absolute atomic E-state index is 3.77. The molecule has 0 unspecified atom stereocenters. The van der Waals surface area contributed by atoms with Crippen LogP contribution in [0, 0.1) is 17.4 Å². The van der Waals surface area contributed by atoms with Gasteiger partial charge in [0.05, 0.1) is 5.69 Å². The highest BCUT2D eigenvalue weighted by Crippen LogP contribution is 2.42. The molecule has 0 aromatic heterocycles. The summed E-state index contributed by atoms with van der Waals surface area (Å²) >= 11 is 0. The fraction of sp³-hybridized carbons (Fsp3) is 0.122. The number of allylic oxidation sites excluding steroid dienone is 9. The van der Waals surface area contributed by atoms with E-state index >= 15 is 0 Å². The number of rotatable bonds is 17. The predicted molar refractivity (Wildman–Crippen MR) is 329 cm³/mol. The second kappa shape index (κ2) is 23.9. The molecule has 0 aliphatic heterocycles. The van der Waals surface area contributed by atoms with Crippen LogP contribution in [0.1, 0.15) is 74.8 Å². The molecule has 0 fully saturated rings. The van der Waals surface area contributed by atoms with Gasteiger partial charge in [-0.25, -0.2) is 0 Å². The predicted octanol–water partition coefficient (Wildman–Crippen LogP) is 18.9. The van der Waals surface area contributed by atoms with Crippen LogP contribution in [-0.2, 0) is 6.42 Å². The lowest BCUT2D eigenvalue weighted by molar-refractivity contribution is 1.15. The lowest BCUT2D eigenvalue weighted by atomic mass is 9.95. The van der Waals surface area contributed by atoms with Crippen molar-refractivity contribution in [3.8, 4) is 11.1 Å². The van der Waals surface area contributed by atoms with Gasteiger partial charge in [0.2, 0.25) is 0 Å². The molecule has 9 aromatic rings. The molecule has 0 saturated heterocycles. The standard InChI is InChI=1S/C74H66N2/c1-6-10-29-57-35-23-40-73(54(57)5)76(69-52-64(58(25-7-2)26-8-3)48-65(53-69)60-32-18-13-19-33-60)68-45-47-71-63(51-68)38-22-37-62-50-67(44-46-70(62)71)75(74-41-24-36-61-34-20-21-39-72(61)74)66(43-42-55-27-14-11-15-28-55)49-56(9-4)59-30-16-12-17-31-59/h7,10-36,38-41,43-53H,6,8-9,42H2,1-5H3/b25-7-,29-10-,56-49+,58-26+,66-43+. The molecule has 0 radical (unpaired) electrons. The Morgan fingerprint density at radius 2 is 1.28 bits per heavy atom. The van der Waals surface area contributed by atoms with Gasteiger partial charge in [-0.15, -0.1) is 5.73 Å². The van der Waals surface area contributed by atoms with Crippen molar-refractivity contribution in [2.24, 2.45) is 0 Å². The number of nitrogens with zero attached hydrogens (tertiary/aromatic N) is 2. The fourth-order valence-electron chi connectivity index (χ4n) is 10.5. The van der Waals surface area contributed by atoms with Crippen molar-refractivity contribution in [2.45, 2.75) is 60.3 Å². The summed E-state index contributed by atoms with van der Waals surface area (Å²) in [6, 6.07) is 75.4. The normalized spacial score (nSPS) is 12.6. The third-order valence-electron chi connectivity index (χ3n) is 14.4. The molecule has 2 heteroatoms. The Labute approximate surface area is 450 Å². The van der Waals surface area contributed by atoms with E-state index in [1.807, 2.05) is 0 Å². The third-order valence-corrected chi connectivity index (χ3v) is 14.4. The first-order valence-electron chi connectivity index (χ1n) is 27.0.